The number of aromatic nitrogens is 2. The van der Waals surface area contributed by atoms with Crippen LogP contribution < -0.4 is 15.0 Å². The second-order valence-corrected chi connectivity index (χ2v) is 7.21. The van der Waals surface area contributed by atoms with Gasteiger partial charge in [0.15, 0.2) is 0 Å². The fourth-order valence-electron chi connectivity index (χ4n) is 3.49. The number of nitrogens with one attached hydrogen (secondary N) is 1. The number of rotatable bonds is 8. The van der Waals surface area contributed by atoms with E-state index in [1.54, 1.807) is 49.8 Å². The Morgan fingerprint density at radius 3 is 2.70 bits per heavy atom. The first-order valence-corrected chi connectivity index (χ1v) is 9.96. The van der Waals surface area contributed by atoms with E-state index in [1.807, 2.05) is 0 Å². The summed E-state index contributed by atoms with van der Waals surface area (Å²) in [4.78, 5) is 37.0. The highest BCUT2D eigenvalue weighted by Gasteiger charge is 2.26. The molecule has 2 N–H and O–H groups in total. The Kier molecular flexibility index (Phi) is 7.56. The van der Waals surface area contributed by atoms with Crippen molar-refractivity contribution in [2.75, 3.05) is 50.1 Å². The Labute approximate surface area is 175 Å². The van der Waals surface area contributed by atoms with Gasteiger partial charge in [-0.3, -0.25) is 9.59 Å². The van der Waals surface area contributed by atoms with Crippen molar-refractivity contribution in [3.63, 3.8) is 0 Å². The predicted molar refractivity (Wildman–Crippen MR) is 113 cm³/mol. The first kappa shape index (κ1) is 21.5. The van der Waals surface area contributed by atoms with Crippen LogP contribution in [0.25, 0.3) is 0 Å². The number of carbonyl (C=O) groups excluding carboxylic acids is 1. The minimum atomic E-state index is -0.969. The average molecular weight is 413 g/mol. The van der Waals surface area contributed by atoms with E-state index in [0.29, 0.717) is 37.0 Å². The van der Waals surface area contributed by atoms with Crippen molar-refractivity contribution in [3.8, 4) is 5.75 Å². The van der Waals surface area contributed by atoms with Gasteiger partial charge in [-0.05, 0) is 31.2 Å². The van der Waals surface area contributed by atoms with E-state index in [2.05, 4.69) is 25.1 Å². The molecular formula is C21H27N5O4. The maximum Gasteiger partial charge on any atom is 0.308 e. The van der Waals surface area contributed by atoms with Gasteiger partial charge in [-0.15, -0.1) is 0 Å². The molecule has 1 atom stereocenters. The number of carboxylic acids is 1. The van der Waals surface area contributed by atoms with Crippen LogP contribution in [-0.2, 0) is 9.59 Å². The van der Waals surface area contributed by atoms with Crippen LogP contribution in [0.1, 0.15) is 12.8 Å². The largest absolute Gasteiger partial charge is 0.497 e. The Morgan fingerprint density at radius 2 is 1.97 bits per heavy atom. The lowest BCUT2D eigenvalue weighted by atomic mass is 10.0. The molecule has 9 nitrogen and oxygen atoms in total. The van der Waals surface area contributed by atoms with E-state index in [9.17, 15) is 14.7 Å². The van der Waals surface area contributed by atoms with Gasteiger partial charge in [0, 0.05) is 56.7 Å². The summed E-state index contributed by atoms with van der Waals surface area (Å²) in [5.41, 5.74) is 0.580. The number of hydrogen-bond donors (Lipinski definition) is 2. The molecule has 0 aliphatic carbocycles. The number of carbonyl (C=O) groups is 2. The van der Waals surface area contributed by atoms with Crippen molar-refractivity contribution in [2.24, 2.45) is 5.92 Å². The Bertz CT molecular complexity index is 848. The zero-order valence-electron chi connectivity index (χ0n) is 17.0. The average Bonchev–Trinajstić information content (AvgIpc) is 2.99. The molecule has 1 amide bonds. The van der Waals surface area contributed by atoms with Crippen molar-refractivity contribution in [3.05, 3.63) is 42.7 Å². The highest BCUT2D eigenvalue weighted by molar-refractivity contribution is 5.93. The molecule has 0 spiro atoms. The number of nitrogens with zero attached hydrogens (tertiary/aromatic N) is 4. The second-order valence-electron chi connectivity index (χ2n) is 7.21. The number of aliphatic carboxylic acids is 1. The quantitative estimate of drug-likeness (QED) is 0.674. The van der Waals surface area contributed by atoms with Gasteiger partial charge in [-0.25, -0.2) is 9.97 Å². The number of hydrogen-bond acceptors (Lipinski definition) is 7. The van der Waals surface area contributed by atoms with Crippen LogP contribution >= 0.6 is 0 Å². The summed E-state index contributed by atoms with van der Waals surface area (Å²) < 4.78 is 5.14. The van der Waals surface area contributed by atoms with Crippen molar-refractivity contribution in [2.45, 2.75) is 12.8 Å². The normalized spacial score (nSPS) is 15.8. The first-order chi connectivity index (χ1) is 14.5. The van der Waals surface area contributed by atoms with Gasteiger partial charge in [-0.2, -0.15) is 0 Å². The highest BCUT2D eigenvalue weighted by atomic mass is 16.5. The fraction of sp³-hybridized carbons (Fsp3) is 0.429. The van der Waals surface area contributed by atoms with Crippen molar-refractivity contribution >= 4 is 23.5 Å². The van der Waals surface area contributed by atoms with Crippen LogP contribution in [0.2, 0.25) is 0 Å². The Morgan fingerprint density at radius 1 is 1.17 bits per heavy atom. The summed E-state index contributed by atoms with van der Waals surface area (Å²) >= 11 is 0. The number of ether oxygens (including phenoxy) is 1. The number of amides is 1. The van der Waals surface area contributed by atoms with Gasteiger partial charge < -0.3 is 25.0 Å². The number of anilines is 2. The SMILES string of the molecule is COc1cccc(NC(=O)C[C@@H](CN2CCCN(c3ncccn3)CC2)C(=O)O)c1. The Balaban J connectivity index is 1.54. The van der Waals surface area contributed by atoms with Gasteiger partial charge >= 0.3 is 5.97 Å². The molecule has 1 aliphatic rings. The van der Waals surface area contributed by atoms with Crippen molar-refractivity contribution in [1.82, 2.24) is 14.9 Å². The molecule has 1 aromatic carbocycles. The fourth-order valence-corrected chi connectivity index (χ4v) is 3.49. The van der Waals surface area contributed by atoms with E-state index < -0.39 is 11.9 Å². The van der Waals surface area contributed by atoms with Gasteiger partial charge in [0.25, 0.3) is 0 Å². The molecule has 1 aromatic heterocycles. The van der Waals surface area contributed by atoms with Crippen LogP contribution in [0.5, 0.6) is 5.75 Å². The van der Waals surface area contributed by atoms with Gasteiger partial charge in [0.1, 0.15) is 5.75 Å². The number of carboxylic acid groups (broad SMARTS) is 1. The monoisotopic (exact) mass is 413 g/mol. The summed E-state index contributed by atoms with van der Waals surface area (Å²) in [6.45, 7) is 3.31. The minimum absolute atomic E-state index is 0.0887. The van der Waals surface area contributed by atoms with E-state index in [0.717, 1.165) is 19.5 Å². The zero-order valence-corrected chi connectivity index (χ0v) is 17.0. The molecular weight excluding hydrogens is 386 g/mol. The maximum absolute atomic E-state index is 12.4. The Hall–Kier alpha value is -3.20. The molecule has 2 heterocycles. The molecule has 0 radical (unpaired) electrons. The van der Waals surface area contributed by atoms with Crippen molar-refractivity contribution in [1.29, 1.82) is 0 Å². The van der Waals surface area contributed by atoms with E-state index in [-0.39, 0.29) is 12.3 Å². The summed E-state index contributed by atoms with van der Waals surface area (Å²) in [5, 5.41) is 12.4. The first-order valence-electron chi connectivity index (χ1n) is 9.96. The summed E-state index contributed by atoms with van der Waals surface area (Å²) in [7, 11) is 1.55. The summed E-state index contributed by atoms with van der Waals surface area (Å²) in [6.07, 6.45) is 4.22. The standard InChI is InChI=1S/C21H27N5O4/c1-30-18-6-2-5-17(14-18)24-19(27)13-16(20(28)29)15-25-9-4-10-26(12-11-25)21-22-7-3-8-23-21/h2-3,5-8,14,16H,4,9-13,15H2,1H3,(H,24,27)(H,28,29)/t16-/m0/s1. The molecule has 160 valence electrons. The van der Waals surface area contributed by atoms with Crippen LogP contribution in [0.15, 0.2) is 42.7 Å². The van der Waals surface area contributed by atoms with Crippen molar-refractivity contribution < 1.29 is 19.4 Å². The molecule has 30 heavy (non-hydrogen) atoms. The maximum atomic E-state index is 12.4. The molecule has 1 aliphatic heterocycles. The number of benzene rings is 1. The smallest absolute Gasteiger partial charge is 0.308 e. The van der Waals surface area contributed by atoms with E-state index >= 15 is 0 Å². The van der Waals surface area contributed by atoms with E-state index in [4.69, 9.17) is 4.74 Å². The van der Waals surface area contributed by atoms with E-state index in [1.165, 1.54) is 0 Å². The molecule has 3 rings (SSSR count). The third-order valence-corrected chi connectivity index (χ3v) is 5.04. The summed E-state index contributed by atoms with van der Waals surface area (Å²) in [6, 6.07) is 8.76. The molecule has 1 saturated heterocycles. The third-order valence-electron chi connectivity index (χ3n) is 5.04. The molecule has 0 unspecified atom stereocenters. The lowest BCUT2D eigenvalue weighted by molar-refractivity contribution is -0.144. The van der Waals surface area contributed by atoms with Gasteiger partial charge in [0.2, 0.25) is 11.9 Å². The third kappa shape index (κ3) is 6.15. The molecule has 1 fully saturated rings. The molecule has 0 saturated carbocycles. The van der Waals surface area contributed by atoms with Crippen LogP contribution in [0.4, 0.5) is 11.6 Å². The summed E-state index contributed by atoms with van der Waals surface area (Å²) in [5.74, 6) is -0.769. The van der Waals surface area contributed by atoms with Crippen LogP contribution in [0, 0.1) is 5.92 Å². The lowest BCUT2D eigenvalue weighted by Gasteiger charge is -2.24. The lowest BCUT2D eigenvalue weighted by Crippen LogP contribution is -2.38. The van der Waals surface area contributed by atoms with Gasteiger partial charge in [-0.1, -0.05) is 6.07 Å². The van der Waals surface area contributed by atoms with Crippen LogP contribution in [-0.4, -0.2) is 71.7 Å². The van der Waals surface area contributed by atoms with Gasteiger partial charge in [0.05, 0.1) is 13.0 Å². The second kappa shape index (κ2) is 10.5. The zero-order chi connectivity index (χ0) is 21.3. The number of methoxy groups -OCH3 is 1. The highest BCUT2D eigenvalue weighted by Crippen LogP contribution is 2.18. The molecule has 9 heteroatoms. The topological polar surface area (TPSA) is 108 Å². The molecule has 2 aromatic rings. The molecule has 0 bridgehead atoms. The minimum Gasteiger partial charge on any atom is -0.497 e. The van der Waals surface area contributed by atoms with Crippen LogP contribution in [0.3, 0.4) is 0 Å². The predicted octanol–water partition coefficient (Wildman–Crippen LogP) is 1.73.